The van der Waals surface area contributed by atoms with Crippen LogP contribution in [0, 0.1) is 12.3 Å². The molecule has 1 fully saturated rings. The average molecular weight is 381 g/mol. The van der Waals surface area contributed by atoms with E-state index >= 15 is 0 Å². The average Bonchev–Trinajstić information content (AvgIpc) is 2.94. The minimum atomic E-state index is -0.110. The third-order valence-corrected chi connectivity index (χ3v) is 5.60. The number of nitrogens with zero attached hydrogens (tertiary/aromatic N) is 1. The number of H-pyrrole nitrogens is 1. The van der Waals surface area contributed by atoms with E-state index in [1.807, 2.05) is 6.07 Å². The summed E-state index contributed by atoms with van der Waals surface area (Å²) in [6.07, 6.45) is 4.45. The number of carbonyl (C=O) groups is 1. The Labute approximate surface area is 167 Å². The lowest BCUT2D eigenvalue weighted by atomic mass is 9.73. The highest BCUT2D eigenvalue weighted by Gasteiger charge is 2.35. The maximum absolute atomic E-state index is 12.7. The van der Waals surface area contributed by atoms with Gasteiger partial charge < -0.3 is 10.1 Å². The van der Waals surface area contributed by atoms with Crippen molar-refractivity contribution in [3.8, 4) is 0 Å². The number of nitrogens with one attached hydrogen (secondary N) is 1. The SMILES string of the molecule is CCCC/C(O)=C1\C(=O)CC(C)(C)CC1=NCCc1c(C)[nH]c2ccccc12. The molecule has 2 N–H and O–H groups in total. The molecular formula is C24H32N2O2. The Morgan fingerprint density at radius 2 is 2.00 bits per heavy atom. The summed E-state index contributed by atoms with van der Waals surface area (Å²) >= 11 is 0. The summed E-state index contributed by atoms with van der Waals surface area (Å²) in [7, 11) is 0. The normalized spacial score (nSPS) is 20.1. The maximum atomic E-state index is 12.7. The van der Waals surface area contributed by atoms with Gasteiger partial charge in [-0.25, -0.2) is 0 Å². The standard InChI is InChI=1S/C24H32N2O2/c1-5-6-11-21(27)23-20(14-24(3,4)15-22(23)28)25-13-12-17-16(2)26-19-10-8-7-9-18(17)19/h7-10,26-27H,5-6,11-15H2,1-4H3/b23-21+,25-20?. The lowest BCUT2D eigenvalue weighted by molar-refractivity contribution is -0.117. The van der Waals surface area contributed by atoms with E-state index in [-0.39, 0.29) is 17.0 Å². The quantitative estimate of drug-likeness (QED) is 0.487. The number of unbranched alkanes of at least 4 members (excludes halogenated alkanes) is 1. The van der Waals surface area contributed by atoms with Crippen molar-refractivity contribution in [2.24, 2.45) is 10.4 Å². The van der Waals surface area contributed by atoms with Gasteiger partial charge in [-0.1, -0.05) is 45.4 Å². The van der Waals surface area contributed by atoms with Crippen molar-refractivity contribution in [1.82, 2.24) is 4.98 Å². The molecule has 0 amide bonds. The number of aliphatic hydroxyl groups excluding tert-OH is 1. The second-order valence-electron chi connectivity index (χ2n) is 8.72. The lowest BCUT2D eigenvalue weighted by Crippen LogP contribution is -2.33. The zero-order valence-corrected chi connectivity index (χ0v) is 17.6. The molecule has 0 aliphatic heterocycles. The van der Waals surface area contributed by atoms with Crippen molar-refractivity contribution in [3.05, 3.63) is 46.9 Å². The van der Waals surface area contributed by atoms with Crippen LogP contribution in [-0.2, 0) is 11.2 Å². The van der Waals surface area contributed by atoms with Crippen molar-refractivity contribution in [2.75, 3.05) is 6.54 Å². The number of hydrogen-bond donors (Lipinski definition) is 2. The predicted molar refractivity (Wildman–Crippen MR) is 116 cm³/mol. The Balaban J connectivity index is 1.86. The van der Waals surface area contributed by atoms with E-state index in [1.165, 1.54) is 16.6 Å². The fourth-order valence-electron chi connectivity index (χ4n) is 4.18. The van der Waals surface area contributed by atoms with Crippen LogP contribution in [0.1, 0.15) is 64.1 Å². The Bertz CT molecular complexity index is 931. The van der Waals surface area contributed by atoms with E-state index in [1.54, 1.807) is 0 Å². The van der Waals surface area contributed by atoms with Crippen molar-refractivity contribution in [1.29, 1.82) is 0 Å². The molecule has 1 aliphatic rings. The number of rotatable bonds is 6. The summed E-state index contributed by atoms with van der Waals surface area (Å²) in [5, 5.41) is 11.8. The molecular weight excluding hydrogens is 348 g/mol. The van der Waals surface area contributed by atoms with Crippen LogP contribution in [0.25, 0.3) is 10.9 Å². The summed E-state index contributed by atoms with van der Waals surface area (Å²) in [5.41, 5.74) is 4.76. The molecule has 1 aliphatic carbocycles. The Morgan fingerprint density at radius 1 is 1.25 bits per heavy atom. The number of allylic oxidation sites excluding steroid dienone is 2. The number of hydrogen-bond acceptors (Lipinski definition) is 3. The summed E-state index contributed by atoms with van der Waals surface area (Å²) in [6.45, 7) is 9.00. The predicted octanol–water partition coefficient (Wildman–Crippen LogP) is 5.85. The number of para-hydroxylation sites is 1. The van der Waals surface area contributed by atoms with Crippen molar-refractivity contribution in [3.63, 3.8) is 0 Å². The van der Waals surface area contributed by atoms with Gasteiger partial charge in [0.05, 0.1) is 5.57 Å². The molecule has 0 unspecified atom stereocenters. The van der Waals surface area contributed by atoms with Crippen molar-refractivity contribution < 1.29 is 9.90 Å². The van der Waals surface area contributed by atoms with Crippen LogP contribution in [0.3, 0.4) is 0 Å². The molecule has 1 aromatic heterocycles. The molecule has 0 spiro atoms. The van der Waals surface area contributed by atoms with Gasteiger partial charge in [0.25, 0.3) is 0 Å². The number of ketones is 1. The van der Waals surface area contributed by atoms with Gasteiger partial charge in [0.15, 0.2) is 5.78 Å². The molecule has 2 aromatic rings. The van der Waals surface area contributed by atoms with Crippen LogP contribution in [-0.4, -0.2) is 28.1 Å². The summed E-state index contributed by atoms with van der Waals surface area (Å²) in [5.74, 6) is 0.260. The Morgan fingerprint density at radius 3 is 2.75 bits per heavy atom. The highest BCUT2D eigenvalue weighted by atomic mass is 16.3. The summed E-state index contributed by atoms with van der Waals surface area (Å²) < 4.78 is 0. The topological polar surface area (TPSA) is 65.4 Å². The molecule has 1 heterocycles. The molecule has 28 heavy (non-hydrogen) atoms. The number of fused-ring (bicyclic) bond motifs is 1. The van der Waals surface area contributed by atoms with E-state index < -0.39 is 0 Å². The van der Waals surface area contributed by atoms with Crippen LogP contribution in [0.5, 0.6) is 0 Å². The van der Waals surface area contributed by atoms with Crippen molar-refractivity contribution in [2.45, 2.75) is 66.2 Å². The van der Waals surface area contributed by atoms with Crippen LogP contribution < -0.4 is 0 Å². The largest absolute Gasteiger partial charge is 0.511 e. The van der Waals surface area contributed by atoms with Crippen LogP contribution in [0.15, 0.2) is 40.6 Å². The molecule has 0 radical (unpaired) electrons. The minimum absolute atomic E-state index is 0.0341. The van der Waals surface area contributed by atoms with Crippen molar-refractivity contribution >= 4 is 22.4 Å². The second-order valence-corrected chi connectivity index (χ2v) is 8.72. The molecule has 150 valence electrons. The molecule has 0 bridgehead atoms. The maximum Gasteiger partial charge on any atom is 0.168 e. The first-order valence-corrected chi connectivity index (χ1v) is 10.4. The minimum Gasteiger partial charge on any atom is -0.511 e. The number of aliphatic imine (C=N–C) groups is 1. The number of aryl methyl sites for hydroxylation is 1. The molecule has 1 aromatic carbocycles. The van der Waals surface area contributed by atoms with Gasteiger partial charge in [-0.2, -0.15) is 0 Å². The van der Waals surface area contributed by atoms with E-state index in [2.05, 4.69) is 50.9 Å². The summed E-state index contributed by atoms with van der Waals surface area (Å²) in [4.78, 5) is 21.0. The van der Waals surface area contributed by atoms with Gasteiger partial charge in [-0.3, -0.25) is 9.79 Å². The first-order chi connectivity index (χ1) is 13.3. The van der Waals surface area contributed by atoms with Crippen LogP contribution >= 0.6 is 0 Å². The van der Waals surface area contributed by atoms with Gasteiger partial charge >= 0.3 is 0 Å². The first kappa shape index (κ1) is 20.4. The van der Waals surface area contributed by atoms with E-state index in [9.17, 15) is 9.90 Å². The highest BCUT2D eigenvalue weighted by molar-refractivity contribution is 6.24. The van der Waals surface area contributed by atoms with Crippen LogP contribution in [0.2, 0.25) is 0 Å². The molecule has 0 atom stereocenters. The number of Topliss-reactive ketones (excluding diaryl/α,β-unsaturated/α-hetero) is 1. The fourth-order valence-corrected chi connectivity index (χ4v) is 4.18. The fraction of sp³-hybridized carbons (Fsp3) is 0.500. The lowest BCUT2D eigenvalue weighted by Gasteiger charge is -2.31. The van der Waals surface area contributed by atoms with Gasteiger partial charge in [0, 0.05) is 41.7 Å². The third kappa shape index (κ3) is 4.37. The molecule has 4 nitrogen and oxygen atoms in total. The monoisotopic (exact) mass is 380 g/mol. The number of aliphatic hydroxyl groups is 1. The van der Waals surface area contributed by atoms with E-state index in [0.29, 0.717) is 25.0 Å². The van der Waals surface area contributed by atoms with Gasteiger partial charge in [-0.05, 0) is 43.2 Å². The summed E-state index contributed by atoms with van der Waals surface area (Å²) in [6, 6.07) is 8.32. The number of benzene rings is 1. The zero-order chi connectivity index (χ0) is 20.3. The molecule has 4 heteroatoms. The Kier molecular flexibility index (Phi) is 6.07. The highest BCUT2D eigenvalue weighted by Crippen LogP contribution is 2.36. The number of aromatic amines is 1. The molecule has 3 rings (SSSR count). The zero-order valence-electron chi connectivity index (χ0n) is 17.6. The Hall–Kier alpha value is -2.36. The number of carbonyl (C=O) groups excluding carboxylic acids is 1. The first-order valence-electron chi connectivity index (χ1n) is 10.4. The smallest absolute Gasteiger partial charge is 0.168 e. The number of aromatic nitrogens is 1. The van der Waals surface area contributed by atoms with Crippen LogP contribution in [0.4, 0.5) is 0 Å². The third-order valence-electron chi connectivity index (χ3n) is 5.60. The van der Waals surface area contributed by atoms with E-state index in [0.717, 1.165) is 36.9 Å². The van der Waals surface area contributed by atoms with Gasteiger partial charge in [0.1, 0.15) is 5.76 Å². The molecule has 1 saturated carbocycles. The van der Waals surface area contributed by atoms with E-state index in [4.69, 9.17) is 4.99 Å². The van der Waals surface area contributed by atoms with Gasteiger partial charge in [0.2, 0.25) is 0 Å². The van der Waals surface area contributed by atoms with Gasteiger partial charge in [-0.15, -0.1) is 0 Å². The second kappa shape index (κ2) is 8.34. The molecule has 0 saturated heterocycles.